The molecule has 2 rings (SSSR count). The monoisotopic (exact) mass is 351 g/mol. The first kappa shape index (κ1) is 19.6. The summed E-state index contributed by atoms with van der Waals surface area (Å²) in [5.74, 6) is 0.743. The Morgan fingerprint density at radius 3 is 2.28 bits per heavy atom. The lowest BCUT2D eigenvalue weighted by Crippen LogP contribution is -2.32. The normalized spacial score (nSPS) is 14.9. The minimum atomic E-state index is -0.351. The number of unbranched alkanes of at least 4 members (excludes halogenated alkanes) is 6. The van der Waals surface area contributed by atoms with Gasteiger partial charge >= 0.3 is 5.69 Å². The van der Waals surface area contributed by atoms with E-state index in [9.17, 15) is 9.59 Å². The Hall–Kier alpha value is -1.76. The van der Waals surface area contributed by atoms with Crippen molar-refractivity contribution in [3.63, 3.8) is 0 Å². The predicted molar refractivity (Wildman–Crippen MR) is 104 cm³/mol. The quantitative estimate of drug-likeness (QED) is 0.627. The van der Waals surface area contributed by atoms with Crippen molar-refractivity contribution >= 4 is 11.5 Å². The third-order valence-electron chi connectivity index (χ3n) is 4.92. The zero-order chi connectivity index (χ0) is 18.4. The van der Waals surface area contributed by atoms with Gasteiger partial charge in [-0.1, -0.05) is 38.5 Å². The van der Waals surface area contributed by atoms with Gasteiger partial charge in [0.15, 0.2) is 0 Å². The van der Waals surface area contributed by atoms with Crippen LogP contribution in [0.3, 0.4) is 0 Å². The summed E-state index contributed by atoms with van der Waals surface area (Å²) in [7, 11) is 3.60. The van der Waals surface area contributed by atoms with Gasteiger partial charge in [-0.3, -0.25) is 14.3 Å². The highest BCUT2D eigenvalue weighted by Crippen LogP contribution is 2.29. The fourth-order valence-electron chi connectivity index (χ4n) is 3.53. The number of hydrogen-bond donors (Lipinski definition) is 2. The molecule has 0 amide bonds. The second-order valence-corrected chi connectivity index (χ2v) is 7.33. The molecule has 0 bridgehead atoms. The average molecular weight is 351 g/mol. The van der Waals surface area contributed by atoms with Gasteiger partial charge in [-0.15, -0.1) is 0 Å². The summed E-state index contributed by atoms with van der Waals surface area (Å²) < 4.78 is 1.54. The zero-order valence-electron chi connectivity index (χ0n) is 15.9. The van der Waals surface area contributed by atoms with Crippen molar-refractivity contribution in [2.24, 2.45) is 12.8 Å². The fourth-order valence-corrected chi connectivity index (χ4v) is 3.53. The van der Waals surface area contributed by atoms with E-state index in [4.69, 9.17) is 5.73 Å². The number of hydrogen-bond acceptors (Lipinski definition) is 5. The molecule has 0 fully saturated rings. The lowest BCUT2D eigenvalue weighted by atomic mass is 10.1. The molecule has 3 N–H and O–H groups in total. The molecular weight excluding hydrogens is 318 g/mol. The number of anilines is 2. The van der Waals surface area contributed by atoms with E-state index in [0.717, 1.165) is 25.2 Å². The van der Waals surface area contributed by atoms with Crippen LogP contribution in [0.1, 0.15) is 58.3 Å². The van der Waals surface area contributed by atoms with Crippen LogP contribution in [-0.2, 0) is 7.05 Å². The summed E-state index contributed by atoms with van der Waals surface area (Å²) in [6, 6.07) is 0.324. The SMILES string of the molecule is CC(N)CCCCCCCCCN1CN(C)c2c1n(C)c(=O)[nH]c2=O. The minimum Gasteiger partial charge on any atom is -0.349 e. The van der Waals surface area contributed by atoms with Crippen molar-refractivity contribution in [2.45, 2.75) is 64.3 Å². The summed E-state index contributed by atoms with van der Waals surface area (Å²) in [5.41, 5.74) is 5.70. The number of fused-ring (bicyclic) bond motifs is 1. The van der Waals surface area contributed by atoms with E-state index in [1.165, 1.54) is 38.5 Å². The van der Waals surface area contributed by atoms with Gasteiger partial charge in [0.05, 0.1) is 6.67 Å². The van der Waals surface area contributed by atoms with Crippen LogP contribution in [-0.4, -0.2) is 35.9 Å². The largest absolute Gasteiger partial charge is 0.349 e. The molecule has 7 heteroatoms. The maximum absolute atomic E-state index is 12.0. The highest BCUT2D eigenvalue weighted by molar-refractivity contribution is 5.71. The molecule has 1 aliphatic rings. The number of H-pyrrole nitrogens is 1. The number of rotatable bonds is 10. The molecule has 7 nitrogen and oxygen atoms in total. The molecule has 0 saturated heterocycles. The topological polar surface area (TPSA) is 87.4 Å². The Morgan fingerprint density at radius 2 is 1.64 bits per heavy atom. The van der Waals surface area contributed by atoms with Gasteiger partial charge in [0.25, 0.3) is 5.56 Å². The molecule has 1 atom stereocenters. The van der Waals surface area contributed by atoms with Crippen molar-refractivity contribution in [3.05, 3.63) is 20.8 Å². The summed E-state index contributed by atoms with van der Waals surface area (Å²) >= 11 is 0. The molecule has 2 heterocycles. The van der Waals surface area contributed by atoms with E-state index in [1.807, 2.05) is 11.9 Å². The minimum absolute atomic E-state index is 0.296. The van der Waals surface area contributed by atoms with Gasteiger partial charge in [-0.25, -0.2) is 4.79 Å². The van der Waals surface area contributed by atoms with E-state index in [2.05, 4.69) is 16.8 Å². The van der Waals surface area contributed by atoms with E-state index < -0.39 is 0 Å². The molecule has 1 aromatic heterocycles. The van der Waals surface area contributed by atoms with Crippen molar-refractivity contribution < 1.29 is 0 Å². The Morgan fingerprint density at radius 1 is 1.04 bits per heavy atom. The average Bonchev–Trinajstić information content (AvgIpc) is 2.88. The second kappa shape index (κ2) is 9.08. The third-order valence-corrected chi connectivity index (χ3v) is 4.92. The van der Waals surface area contributed by atoms with E-state index >= 15 is 0 Å². The molecule has 1 unspecified atom stereocenters. The van der Waals surface area contributed by atoms with Crippen LogP contribution in [0.4, 0.5) is 11.5 Å². The maximum Gasteiger partial charge on any atom is 0.329 e. The molecule has 0 aromatic carbocycles. The summed E-state index contributed by atoms with van der Waals surface area (Å²) in [6.07, 6.45) is 9.68. The predicted octanol–water partition coefficient (Wildman–Crippen LogP) is 1.76. The van der Waals surface area contributed by atoms with Crippen molar-refractivity contribution in [1.29, 1.82) is 0 Å². The number of nitrogens with one attached hydrogen (secondary N) is 1. The van der Waals surface area contributed by atoms with E-state index in [-0.39, 0.29) is 11.2 Å². The van der Waals surface area contributed by atoms with Gasteiger partial charge in [-0.05, 0) is 19.8 Å². The number of nitrogens with two attached hydrogens (primary N) is 1. The third kappa shape index (κ3) is 5.11. The van der Waals surface area contributed by atoms with Gasteiger partial charge in [0.1, 0.15) is 11.5 Å². The highest BCUT2D eigenvalue weighted by Gasteiger charge is 2.28. The van der Waals surface area contributed by atoms with E-state index in [1.54, 1.807) is 11.6 Å². The molecule has 1 aromatic rings. The van der Waals surface area contributed by atoms with Crippen LogP contribution in [0.2, 0.25) is 0 Å². The molecule has 0 aliphatic carbocycles. The maximum atomic E-state index is 12.0. The summed E-state index contributed by atoms with van der Waals surface area (Å²) in [6.45, 7) is 3.60. The van der Waals surface area contributed by atoms with Crippen molar-refractivity contribution in [3.8, 4) is 0 Å². The fraction of sp³-hybridized carbons (Fsp3) is 0.778. The zero-order valence-corrected chi connectivity index (χ0v) is 15.9. The lowest BCUT2D eigenvalue weighted by molar-refractivity contribution is 0.541. The Labute approximate surface area is 149 Å². The number of aromatic nitrogens is 2. The Bertz CT molecular complexity index is 664. The molecule has 142 valence electrons. The van der Waals surface area contributed by atoms with E-state index in [0.29, 0.717) is 18.4 Å². The Balaban J connectivity index is 1.74. The van der Waals surface area contributed by atoms with Crippen LogP contribution >= 0.6 is 0 Å². The highest BCUT2D eigenvalue weighted by atomic mass is 16.2. The second-order valence-electron chi connectivity index (χ2n) is 7.33. The summed E-state index contributed by atoms with van der Waals surface area (Å²) in [4.78, 5) is 30.3. The summed E-state index contributed by atoms with van der Waals surface area (Å²) in [5, 5.41) is 0. The molecule has 0 saturated carbocycles. The van der Waals surface area contributed by atoms with Gasteiger partial charge < -0.3 is 15.5 Å². The Kier molecular flexibility index (Phi) is 7.11. The number of nitrogens with zero attached hydrogens (tertiary/aromatic N) is 3. The molecule has 0 spiro atoms. The van der Waals surface area contributed by atoms with Crippen molar-refractivity contribution in [2.75, 3.05) is 30.1 Å². The van der Waals surface area contributed by atoms with Gasteiger partial charge in [0, 0.05) is 26.7 Å². The van der Waals surface area contributed by atoms with Gasteiger partial charge in [-0.2, -0.15) is 0 Å². The molecule has 1 aliphatic heterocycles. The first-order valence-electron chi connectivity index (χ1n) is 9.46. The van der Waals surface area contributed by atoms with Crippen LogP contribution < -0.4 is 26.8 Å². The molecule has 25 heavy (non-hydrogen) atoms. The standard InChI is InChI=1S/C18H33N5O2/c1-14(19)11-9-7-5-4-6-8-10-12-23-13-21(2)15-16(24)20-18(25)22(3)17(15)23/h14H,4-13,19H2,1-3H3,(H,20,24,25). The molecular formula is C18H33N5O2. The van der Waals surface area contributed by atoms with Crippen LogP contribution in [0, 0.1) is 0 Å². The molecule has 0 radical (unpaired) electrons. The van der Waals surface area contributed by atoms with Gasteiger partial charge in [0.2, 0.25) is 0 Å². The van der Waals surface area contributed by atoms with Crippen LogP contribution in [0.15, 0.2) is 9.59 Å². The first-order valence-corrected chi connectivity index (χ1v) is 9.46. The number of aromatic amines is 1. The lowest BCUT2D eigenvalue weighted by Gasteiger charge is -2.20. The van der Waals surface area contributed by atoms with Crippen LogP contribution in [0.25, 0.3) is 0 Å². The van der Waals surface area contributed by atoms with Crippen molar-refractivity contribution in [1.82, 2.24) is 9.55 Å². The van der Waals surface area contributed by atoms with Crippen LogP contribution in [0.5, 0.6) is 0 Å². The first-order chi connectivity index (χ1) is 11.9. The smallest absolute Gasteiger partial charge is 0.329 e.